The second-order valence-electron chi connectivity index (χ2n) is 3.74. The summed E-state index contributed by atoms with van der Waals surface area (Å²) in [5.41, 5.74) is 8.28. The third-order valence-corrected chi connectivity index (χ3v) is 2.40. The highest BCUT2D eigenvalue weighted by molar-refractivity contribution is 5.75. The zero-order valence-electron chi connectivity index (χ0n) is 9.95. The molecule has 0 radical (unpaired) electrons. The van der Waals surface area contributed by atoms with E-state index in [1.54, 1.807) is 0 Å². The molecule has 19 heavy (non-hydrogen) atoms. The number of halogens is 1. The Morgan fingerprint density at radius 3 is 2.89 bits per heavy atom. The average molecular weight is 268 g/mol. The van der Waals surface area contributed by atoms with Gasteiger partial charge in [-0.2, -0.15) is 0 Å². The molecule has 1 aromatic carbocycles. The van der Waals surface area contributed by atoms with E-state index in [1.807, 2.05) is 0 Å². The summed E-state index contributed by atoms with van der Waals surface area (Å²) < 4.78 is 13.2. The lowest BCUT2D eigenvalue weighted by Gasteiger charge is -2.14. The Morgan fingerprint density at radius 1 is 1.58 bits per heavy atom. The lowest BCUT2D eigenvalue weighted by molar-refractivity contribution is -0.139. The zero-order chi connectivity index (χ0) is 14.3. The summed E-state index contributed by atoms with van der Waals surface area (Å²) in [6.45, 7) is 0.554. The fraction of sp³-hybridized carbons (Fsp3) is 0.364. The molecule has 0 bridgehead atoms. The molecule has 1 rings (SSSR count). The molecule has 7 nitrogen and oxygen atoms in total. The maximum Gasteiger partial charge on any atom is 0.325 e. The highest BCUT2D eigenvalue weighted by Crippen LogP contribution is 2.21. The molecule has 0 aliphatic carbocycles. The smallest absolute Gasteiger partial charge is 0.325 e. The minimum absolute atomic E-state index is 0.201. The van der Waals surface area contributed by atoms with E-state index in [1.165, 1.54) is 6.07 Å². The van der Waals surface area contributed by atoms with Gasteiger partial charge in [-0.3, -0.25) is 4.79 Å². The predicted molar refractivity (Wildman–Crippen MR) is 65.1 cm³/mol. The van der Waals surface area contributed by atoms with E-state index >= 15 is 0 Å². The van der Waals surface area contributed by atoms with Crippen LogP contribution in [0.3, 0.4) is 0 Å². The van der Waals surface area contributed by atoms with Gasteiger partial charge in [0.1, 0.15) is 6.04 Å². The van der Waals surface area contributed by atoms with E-state index in [9.17, 15) is 9.18 Å². The molecule has 0 amide bonds. The first kappa shape index (κ1) is 14.7. The predicted octanol–water partition coefficient (Wildman–Crippen LogP) is 1.95. The number of azide groups is 1. The van der Waals surface area contributed by atoms with Crippen LogP contribution < -0.4 is 5.32 Å². The van der Waals surface area contributed by atoms with Crippen LogP contribution in [-0.4, -0.2) is 29.3 Å². The van der Waals surface area contributed by atoms with Crippen molar-refractivity contribution in [1.82, 2.24) is 5.32 Å². The van der Waals surface area contributed by atoms with Crippen LogP contribution in [0.5, 0.6) is 5.75 Å². The summed E-state index contributed by atoms with van der Waals surface area (Å²) in [6, 6.07) is 2.32. The summed E-state index contributed by atoms with van der Waals surface area (Å²) in [6.07, 6.45) is 0.467. The number of carboxylic acids is 1. The van der Waals surface area contributed by atoms with Crippen molar-refractivity contribution in [2.24, 2.45) is 5.11 Å². The maximum absolute atomic E-state index is 13.2. The fourth-order valence-electron chi connectivity index (χ4n) is 1.49. The Balaban J connectivity index is 2.69. The molecular weight excluding hydrogens is 255 g/mol. The summed E-state index contributed by atoms with van der Waals surface area (Å²) in [5.74, 6) is -2.57. The van der Waals surface area contributed by atoms with Gasteiger partial charge in [0.15, 0.2) is 11.6 Å². The van der Waals surface area contributed by atoms with Gasteiger partial charge in [-0.15, -0.1) is 0 Å². The number of aromatic hydroxyl groups is 1. The SMILES string of the molecule is [N-]=[N+]=NCCCNC(C(=O)O)c1ccc(O)c(F)c1. The van der Waals surface area contributed by atoms with Gasteiger partial charge in [0.2, 0.25) is 0 Å². The number of carbonyl (C=O) groups is 1. The molecule has 102 valence electrons. The third-order valence-electron chi connectivity index (χ3n) is 2.40. The number of aliphatic carboxylic acids is 1. The van der Waals surface area contributed by atoms with Crippen LogP contribution in [0, 0.1) is 5.82 Å². The first-order chi connectivity index (χ1) is 9.06. The van der Waals surface area contributed by atoms with Crippen molar-refractivity contribution in [2.75, 3.05) is 13.1 Å². The van der Waals surface area contributed by atoms with Crippen LogP contribution in [-0.2, 0) is 4.79 Å². The molecule has 0 saturated heterocycles. The van der Waals surface area contributed by atoms with Crippen LogP contribution in [0.1, 0.15) is 18.0 Å². The Kier molecular flexibility index (Phi) is 5.59. The van der Waals surface area contributed by atoms with Gasteiger partial charge < -0.3 is 15.5 Å². The first-order valence-electron chi connectivity index (χ1n) is 5.51. The number of phenolic OH excluding ortho intramolecular Hbond substituents is 1. The molecule has 0 fully saturated rings. The summed E-state index contributed by atoms with van der Waals surface area (Å²) in [5, 5.41) is 24.1. The highest BCUT2D eigenvalue weighted by Gasteiger charge is 2.20. The summed E-state index contributed by atoms with van der Waals surface area (Å²) in [4.78, 5) is 13.7. The standard InChI is InChI=1S/C11H13FN4O3/c12-8-6-7(2-3-9(8)17)10(11(18)19)14-4-1-5-15-16-13/h2-3,6,10,14,17H,1,4-5H2,(H,18,19). The number of phenols is 1. The third kappa shape index (κ3) is 4.46. The van der Waals surface area contributed by atoms with Crippen molar-refractivity contribution >= 4 is 5.97 Å². The Bertz CT molecular complexity index is 503. The van der Waals surface area contributed by atoms with Gasteiger partial charge in [0.25, 0.3) is 0 Å². The lowest BCUT2D eigenvalue weighted by Crippen LogP contribution is -2.29. The van der Waals surface area contributed by atoms with E-state index in [2.05, 4.69) is 15.3 Å². The van der Waals surface area contributed by atoms with Crippen LogP contribution in [0.15, 0.2) is 23.3 Å². The number of benzene rings is 1. The lowest BCUT2D eigenvalue weighted by atomic mass is 10.1. The summed E-state index contributed by atoms with van der Waals surface area (Å²) in [7, 11) is 0. The number of hydrogen-bond acceptors (Lipinski definition) is 4. The Hall–Kier alpha value is -2.31. The molecule has 1 aromatic rings. The molecule has 1 unspecified atom stereocenters. The van der Waals surface area contributed by atoms with Gasteiger partial charge in [-0.1, -0.05) is 11.2 Å². The fourth-order valence-corrected chi connectivity index (χ4v) is 1.49. The molecule has 1 atom stereocenters. The number of hydrogen-bond donors (Lipinski definition) is 3. The minimum Gasteiger partial charge on any atom is -0.505 e. The molecule has 0 spiro atoms. The highest BCUT2D eigenvalue weighted by atomic mass is 19.1. The van der Waals surface area contributed by atoms with Crippen LogP contribution in [0.25, 0.3) is 10.4 Å². The van der Waals surface area contributed by atoms with Crippen LogP contribution in [0.2, 0.25) is 0 Å². The van der Waals surface area contributed by atoms with E-state index < -0.39 is 23.6 Å². The molecule has 8 heteroatoms. The van der Waals surface area contributed by atoms with Gasteiger partial charge >= 0.3 is 5.97 Å². The maximum atomic E-state index is 13.2. The van der Waals surface area contributed by atoms with Gasteiger partial charge in [0.05, 0.1) is 0 Å². The largest absolute Gasteiger partial charge is 0.505 e. The monoisotopic (exact) mass is 268 g/mol. The van der Waals surface area contributed by atoms with Gasteiger partial charge in [-0.05, 0) is 36.2 Å². The molecule has 0 aliphatic heterocycles. The van der Waals surface area contributed by atoms with E-state index in [-0.39, 0.29) is 12.1 Å². The van der Waals surface area contributed by atoms with Crippen molar-refractivity contribution in [3.8, 4) is 5.75 Å². The Labute approximate surface area is 108 Å². The number of carboxylic acid groups (broad SMARTS) is 1. The van der Waals surface area contributed by atoms with Crippen molar-refractivity contribution < 1.29 is 19.4 Å². The number of nitrogens with one attached hydrogen (secondary N) is 1. The zero-order valence-corrected chi connectivity index (χ0v) is 9.95. The van der Waals surface area contributed by atoms with Crippen molar-refractivity contribution in [3.05, 3.63) is 40.0 Å². The average Bonchev–Trinajstić information content (AvgIpc) is 2.37. The van der Waals surface area contributed by atoms with Gasteiger partial charge in [-0.25, -0.2) is 4.39 Å². The normalized spacial score (nSPS) is 11.6. The quantitative estimate of drug-likeness (QED) is 0.303. The number of rotatable bonds is 7. The van der Waals surface area contributed by atoms with Gasteiger partial charge in [0, 0.05) is 11.5 Å². The molecule has 0 saturated carbocycles. The number of nitrogens with zero attached hydrogens (tertiary/aromatic N) is 3. The molecule has 3 N–H and O–H groups in total. The first-order valence-corrected chi connectivity index (χ1v) is 5.51. The summed E-state index contributed by atoms with van der Waals surface area (Å²) >= 11 is 0. The molecule has 0 aromatic heterocycles. The van der Waals surface area contributed by atoms with E-state index in [0.717, 1.165) is 12.1 Å². The van der Waals surface area contributed by atoms with Crippen molar-refractivity contribution in [3.63, 3.8) is 0 Å². The second-order valence-corrected chi connectivity index (χ2v) is 3.74. The Morgan fingerprint density at radius 2 is 2.32 bits per heavy atom. The van der Waals surface area contributed by atoms with Crippen LogP contribution in [0.4, 0.5) is 4.39 Å². The second kappa shape index (κ2) is 7.20. The van der Waals surface area contributed by atoms with Crippen molar-refractivity contribution in [1.29, 1.82) is 0 Å². The molecule has 0 heterocycles. The topological polar surface area (TPSA) is 118 Å². The minimum atomic E-state index is -1.16. The van der Waals surface area contributed by atoms with Crippen molar-refractivity contribution in [2.45, 2.75) is 12.5 Å². The van der Waals surface area contributed by atoms with Crippen LogP contribution >= 0.6 is 0 Å². The van der Waals surface area contributed by atoms with E-state index in [0.29, 0.717) is 13.0 Å². The molecule has 0 aliphatic rings. The van der Waals surface area contributed by atoms with E-state index in [4.69, 9.17) is 15.7 Å². The molecular formula is C11H13FN4O3.